The number of ether oxygens (including phenoxy) is 1. The Morgan fingerprint density at radius 1 is 1.23 bits per heavy atom. The van der Waals surface area contributed by atoms with Crippen molar-refractivity contribution in [2.24, 2.45) is 0 Å². The Balaban J connectivity index is 1.32. The third-order valence-corrected chi connectivity index (χ3v) is 8.70. The molecule has 202 valence electrons. The average Bonchev–Trinajstić information content (AvgIpc) is 3.42. The summed E-state index contributed by atoms with van der Waals surface area (Å²) in [4.78, 5) is 69.7. The molecular weight excluding hydrogens is 544 g/mol. The topological polar surface area (TPSA) is 148 Å². The van der Waals surface area contributed by atoms with Crippen LogP contribution >= 0.6 is 23.1 Å². The number of carboxylic acids is 1. The zero-order chi connectivity index (χ0) is 27.8. The minimum atomic E-state index is -1.34. The van der Waals surface area contributed by atoms with Crippen molar-refractivity contribution in [3.05, 3.63) is 73.5 Å². The largest absolute Gasteiger partial charge is 0.477 e. The smallest absolute Gasteiger partial charge is 0.352 e. The van der Waals surface area contributed by atoms with Gasteiger partial charge in [0.2, 0.25) is 11.3 Å². The highest BCUT2D eigenvalue weighted by atomic mass is 32.2. The van der Waals surface area contributed by atoms with Crippen LogP contribution in [0, 0.1) is 6.92 Å². The molecule has 0 unspecified atom stereocenters. The average molecular weight is 569 g/mol. The number of carbonyl (C=O) groups excluding carboxylic acids is 3. The number of hydrogen-bond acceptors (Lipinski definition) is 9. The van der Waals surface area contributed by atoms with E-state index in [9.17, 15) is 29.1 Å². The molecule has 2 aliphatic rings. The fourth-order valence-corrected chi connectivity index (χ4v) is 6.60. The molecule has 5 heterocycles. The minimum absolute atomic E-state index is 0.131. The number of pyridine rings is 2. The Kier molecular flexibility index (Phi) is 7.28. The van der Waals surface area contributed by atoms with Crippen molar-refractivity contribution in [2.45, 2.75) is 38.2 Å². The SMILES string of the molecule is CCn1cc(C(=O)OCC2=C(C(=O)O)N3C(=O)[C@@H](NC(=O)Cc4cccs4)[C@H]3SC2)c(=O)c2ccc(C)nc21. The summed E-state index contributed by atoms with van der Waals surface area (Å²) in [6.07, 6.45) is 1.52. The molecule has 3 aromatic rings. The number of fused-ring (bicyclic) bond motifs is 2. The van der Waals surface area contributed by atoms with Crippen molar-refractivity contribution in [1.29, 1.82) is 0 Å². The molecule has 0 spiro atoms. The number of nitrogens with zero attached hydrogens (tertiary/aromatic N) is 3. The molecule has 2 atom stereocenters. The molecule has 0 aromatic carbocycles. The van der Waals surface area contributed by atoms with Gasteiger partial charge in [0.25, 0.3) is 5.91 Å². The summed E-state index contributed by atoms with van der Waals surface area (Å²) in [7, 11) is 0. The Hall–Kier alpha value is -3.97. The van der Waals surface area contributed by atoms with Gasteiger partial charge in [-0.15, -0.1) is 23.1 Å². The standard InChI is InChI=1S/C26H24N4O7S2/c1-3-29-10-17(21(32)16-7-6-13(2)27-22(16)29)26(36)37-11-14-12-39-24-19(23(33)30(24)20(14)25(34)35)28-18(31)9-15-5-4-8-38-15/h4-8,10,19,24H,3,9,11-12H2,1-2H3,(H,28,31)(H,34,35)/t19-,24-/m1/s1. The van der Waals surface area contributed by atoms with Crippen LogP contribution in [0.5, 0.6) is 0 Å². The highest BCUT2D eigenvalue weighted by Gasteiger charge is 2.54. The summed E-state index contributed by atoms with van der Waals surface area (Å²) < 4.78 is 7.06. The van der Waals surface area contributed by atoms with Crippen LogP contribution in [-0.2, 0) is 32.1 Å². The first kappa shape index (κ1) is 26.6. The summed E-state index contributed by atoms with van der Waals surface area (Å²) in [5.74, 6) is -2.95. The molecule has 1 saturated heterocycles. The van der Waals surface area contributed by atoms with Crippen LogP contribution in [-0.4, -0.2) is 67.1 Å². The number of esters is 1. The summed E-state index contributed by atoms with van der Waals surface area (Å²) in [5, 5.41) is 14.1. The summed E-state index contributed by atoms with van der Waals surface area (Å²) in [5.41, 5.74) is 0.412. The molecule has 0 bridgehead atoms. The van der Waals surface area contributed by atoms with Gasteiger partial charge in [0.15, 0.2) is 0 Å². The number of nitrogens with one attached hydrogen (secondary N) is 1. The Labute approximate surface area is 230 Å². The molecule has 3 aromatic heterocycles. The van der Waals surface area contributed by atoms with Crippen molar-refractivity contribution in [3.63, 3.8) is 0 Å². The molecule has 0 radical (unpaired) electrons. The van der Waals surface area contributed by atoms with Gasteiger partial charge in [0.1, 0.15) is 34.9 Å². The number of rotatable bonds is 8. The first-order valence-corrected chi connectivity index (χ1v) is 14.0. The number of aryl methyl sites for hydroxylation is 2. The van der Waals surface area contributed by atoms with E-state index in [2.05, 4.69) is 10.3 Å². The van der Waals surface area contributed by atoms with Crippen LogP contribution in [0.1, 0.15) is 27.9 Å². The van der Waals surface area contributed by atoms with Crippen molar-refractivity contribution < 1.29 is 29.0 Å². The maximum absolute atomic E-state index is 13.0. The van der Waals surface area contributed by atoms with Crippen LogP contribution in [0.4, 0.5) is 0 Å². The van der Waals surface area contributed by atoms with Gasteiger partial charge in [-0.05, 0) is 37.4 Å². The van der Waals surface area contributed by atoms with Gasteiger partial charge in [-0.3, -0.25) is 19.3 Å². The number of amides is 2. The summed E-state index contributed by atoms with van der Waals surface area (Å²) in [6.45, 7) is 3.71. The zero-order valence-corrected chi connectivity index (χ0v) is 22.6. The Morgan fingerprint density at radius 3 is 2.72 bits per heavy atom. The molecule has 2 aliphatic heterocycles. The Morgan fingerprint density at radius 2 is 2.03 bits per heavy atom. The van der Waals surface area contributed by atoms with E-state index < -0.39 is 41.3 Å². The molecule has 5 rings (SSSR count). The van der Waals surface area contributed by atoms with Crippen LogP contribution < -0.4 is 10.7 Å². The lowest BCUT2D eigenvalue weighted by molar-refractivity contribution is -0.150. The van der Waals surface area contributed by atoms with E-state index in [-0.39, 0.29) is 40.3 Å². The quantitative estimate of drug-likeness (QED) is 0.307. The third-order valence-electron chi connectivity index (χ3n) is 6.48. The van der Waals surface area contributed by atoms with Crippen LogP contribution in [0.2, 0.25) is 0 Å². The number of thiophene rings is 1. The van der Waals surface area contributed by atoms with E-state index in [4.69, 9.17) is 4.74 Å². The number of thioether (sulfide) groups is 1. The number of carbonyl (C=O) groups is 4. The lowest BCUT2D eigenvalue weighted by atomic mass is 10.0. The highest BCUT2D eigenvalue weighted by Crippen LogP contribution is 2.40. The number of hydrogen-bond donors (Lipinski definition) is 2. The number of β-lactam (4-membered cyclic amide) rings is 1. The molecule has 13 heteroatoms. The van der Waals surface area contributed by atoms with Gasteiger partial charge in [0.05, 0.1) is 11.8 Å². The maximum Gasteiger partial charge on any atom is 0.352 e. The molecule has 1 fully saturated rings. The second-order valence-electron chi connectivity index (χ2n) is 9.03. The van der Waals surface area contributed by atoms with E-state index in [1.807, 2.05) is 24.4 Å². The molecule has 0 saturated carbocycles. The normalized spacial score (nSPS) is 18.5. The lowest BCUT2D eigenvalue weighted by Gasteiger charge is -2.49. The number of aliphatic carboxylic acids is 1. The second kappa shape index (κ2) is 10.7. The monoisotopic (exact) mass is 568 g/mol. The van der Waals surface area contributed by atoms with Crippen molar-refractivity contribution in [3.8, 4) is 0 Å². The predicted molar refractivity (Wildman–Crippen MR) is 144 cm³/mol. The van der Waals surface area contributed by atoms with E-state index in [1.54, 1.807) is 23.6 Å². The van der Waals surface area contributed by atoms with Gasteiger partial charge < -0.3 is 19.7 Å². The van der Waals surface area contributed by atoms with Gasteiger partial charge >= 0.3 is 11.9 Å². The molecule has 2 N–H and O–H groups in total. The minimum Gasteiger partial charge on any atom is -0.477 e. The van der Waals surface area contributed by atoms with E-state index in [0.29, 0.717) is 12.2 Å². The van der Waals surface area contributed by atoms with Gasteiger partial charge in [-0.25, -0.2) is 14.6 Å². The van der Waals surface area contributed by atoms with E-state index in [1.165, 1.54) is 29.3 Å². The maximum atomic E-state index is 13.0. The first-order chi connectivity index (χ1) is 18.7. The fraction of sp³-hybridized carbons (Fsp3) is 0.308. The third kappa shape index (κ3) is 4.94. The van der Waals surface area contributed by atoms with Crippen molar-refractivity contribution >= 4 is 57.9 Å². The van der Waals surface area contributed by atoms with Gasteiger partial charge in [-0.2, -0.15) is 0 Å². The molecule has 11 nitrogen and oxygen atoms in total. The molecular formula is C26H24N4O7S2. The number of aromatic nitrogens is 2. The van der Waals surface area contributed by atoms with Crippen LogP contribution in [0.3, 0.4) is 0 Å². The van der Waals surface area contributed by atoms with Gasteiger partial charge in [-0.1, -0.05) is 6.07 Å². The predicted octanol–water partition coefficient (Wildman–Crippen LogP) is 1.92. The van der Waals surface area contributed by atoms with Gasteiger partial charge in [0, 0.05) is 34.6 Å². The summed E-state index contributed by atoms with van der Waals surface area (Å²) >= 11 is 2.70. The Bertz CT molecular complexity index is 1600. The molecule has 39 heavy (non-hydrogen) atoms. The molecule has 2 amide bonds. The fourth-order valence-electron chi connectivity index (χ4n) is 4.57. The zero-order valence-electron chi connectivity index (χ0n) is 21.0. The van der Waals surface area contributed by atoms with Crippen LogP contribution in [0.15, 0.2) is 51.9 Å². The lowest BCUT2D eigenvalue weighted by Crippen LogP contribution is -2.70. The summed E-state index contributed by atoms with van der Waals surface area (Å²) in [6, 6.07) is 6.09. The highest BCUT2D eigenvalue weighted by molar-refractivity contribution is 8.00. The first-order valence-electron chi connectivity index (χ1n) is 12.1. The van der Waals surface area contributed by atoms with Crippen molar-refractivity contribution in [2.75, 3.05) is 12.4 Å². The van der Waals surface area contributed by atoms with E-state index in [0.717, 1.165) is 15.5 Å². The second-order valence-corrected chi connectivity index (χ2v) is 11.2. The van der Waals surface area contributed by atoms with Crippen LogP contribution in [0.25, 0.3) is 11.0 Å². The molecule has 0 aliphatic carbocycles. The number of carboxylic acid groups (broad SMARTS) is 1. The van der Waals surface area contributed by atoms with E-state index >= 15 is 0 Å². The van der Waals surface area contributed by atoms with Crippen molar-refractivity contribution in [1.82, 2.24) is 19.8 Å².